The second kappa shape index (κ2) is 13.9. The number of carbonyl (C=O) groups excluding carboxylic acids is 2. The van der Waals surface area contributed by atoms with E-state index in [-0.39, 0.29) is 0 Å². The summed E-state index contributed by atoms with van der Waals surface area (Å²) in [5, 5.41) is 0. The first-order valence-electron chi connectivity index (χ1n) is 8.10. The van der Waals surface area contributed by atoms with Gasteiger partial charge in [-0.15, -0.1) is 0 Å². The van der Waals surface area contributed by atoms with E-state index in [9.17, 15) is 9.59 Å². The highest BCUT2D eigenvalue weighted by Crippen LogP contribution is 2.08. The number of ether oxygens (including phenoxy) is 1. The van der Waals surface area contributed by atoms with Gasteiger partial charge in [-0.05, 0) is 65.5 Å². The first kappa shape index (κ1) is 21.3. The molecule has 0 saturated heterocycles. The van der Waals surface area contributed by atoms with Crippen LogP contribution in [0.3, 0.4) is 0 Å². The van der Waals surface area contributed by atoms with Crippen molar-refractivity contribution in [3.63, 3.8) is 0 Å². The van der Waals surface area contributed by atoms with Gasteiger partial charge in [0, 0.05) is 0 Å². The van der Waals surface area contributed by atoms with Crippen molar-refractivity contribution in [2.45, 2.75) is 53.4 Å². The van der Waals surface area contributed by atoms with Crippen LogP contribution in [0.4, 0.5) is 0 Å². The van der Waals surface area contributed by atoms with Gasteiger partial charge < -0.3 is 4.74 Å². The standard InChI is InChI=1S/C20H30O3/c1-17(11-13-21)7-5-9-19(3)15-23-16-20(4)10-6-8-18(2)12-14-22/h9-14H,5-8,15-16H2,1-4H3/b17-11-,18-12-,19-9?,20-10?. The van der Waals surface area contributed by atoms with Crippen LogP contribution in [0.5, 0.6) is 0 Å². The molecule has 0 fully saturated rings. The van der Waals surface area contributed by atoms with E-state index < -0.39 is 0 Å². The molecule has 0 N–H and O–H groups in total. The van der Waals surface area contributed by atoms with E-state index in [1.54, 1.807) is 12.2 Å². The van der Waals surface area contributed by atoms with Crippen molar-refractivity contribution in [3.8, 4) is 0 Å². The first-order chi connectivity index (χ1) is 11.0. The van der Waals surface area contributed by atoms with Gasteiger partial charge >= 0.3 is 0 Å². The molecule has 0 unspecified atom stereocenters. The molecule has 3 nitrogen and oxygen atoms in total. The van der Waals surface area contributed by atoms with Crippen LogP contribution in [0.1, 0.15) is 53.4 Å². The molecule has 23 heavy (non-hydrogen) atoms. The number of aldehydes is 2. The quantitative estimate of drug-likeness (QED) is 0.296. The zero-order valence-corrected chi connectivity index (χ0v) is 14.9. The van der Waals surface area contributed by atoms with Crippen LogP contribution >= 0.6 is 0 Å². The molecule has 0 saturated carbocycles. The molecule has 3 heteroatoms. The number of allylic oxidation sites excluding steroid dienone is 6. The van der Waals surface area contributed by atoms with Crippen molar-refractivity contribution in [3.05, 3.63) is 46.6 Å². The molecule has 0 aliphatic rings. The van der Waals surface area contributed by atoms with Crippen LogP contribution in [0.15, 0.2) is 46.6 Å². The molecule has 0 atom stereocenters. The smallest absolute Gasteiger partial charge is 0.142 e. The summed E-state index contributed by atoms with van der Waals surface area (Å²) in [6.45, 7) is 9.32. The average Bonchev–Trinajstić information content (AvgIpc) is 2.47. The van der Waals surface area contributed by atoms with Crippen LogP contribution in [0.25, 0.3) is 0 Å². The van der Waals surface area contributed by atoms with Crippen LogP contribution in [-0.4, -0.2) is 25.8 Å². The van der Waals surface area contributed by atoms with E-state index in [2.05, 4.69) is 26.0 Å². The Balaban J connectivity index is 3.95. The molecular weight excluding hydrogens is 288 g/mol. The zero-order valence-electron chi connectivity index (χ0n) is 14.9. The van der Waals surface area contributed by atoms with E-state index in [1.165, 1.54) is 11.1 Å². The number of hydrogen-bond donors (Lipinski definition) is 0. The Hall–Kier alpha value is -1.74. The van der Waals surface area contributed by atoms with Crippen molar-refractivity contribution in [2.24, 2.45) is 0 Å². The predicted molar refractivity (Wildman–Crippen MR) is 96.4 cm³/mol. The molecule has 0 aliphatic heterocycles. The SMILES string of the molecule is CC(=CCC/C(C)=C\C=O)COCC(C)=CCC/C(C)=C\C=O. The highest BCUT2D eigenvalue weighted by Gasteiger charge is 1.95. The van der Waals surface area contributed by atoms with E-state index >= 15 is 0 Å². The maximum Gasteiger partial charge on any atom is 0.142 e. The van der Waals surface area contributed by atoms with Crippen molar-refractivity contribution in [2.75, 3.05) is 13.2 Å². The van der Waals surface area contributed by atoms with Crippen LogP contribution < -0.4 is 0 Å². The lowest BCUT2D eigenvalue weighted by Gasteiger charge is -2.06. The third kappa shape index (κ3) is 13.6. The molecule has 0 spiro atoms. The van der Waals surface area contributed by atoms with Gasteiger partial charge in [0.1, 0.15) is 12.6 Å². The average molecular weight is 318 g/mol. The third-order valence-electron chi connectivity index (χ3n) is 3.43. The lowest BCUT2D eigenvalue weighted by atomic mass is 10.1. The van der Waals surface area contributed by atoms with Crippen molar-refractivity contribution < 1.29 is 14.3 Å². The minimum absolute atomic E-state index is 0.631. The van der Waals surface area contributed by atoms with E-state index in [0.717, 1.165) is 49.4 Å². The molecule has 0 bridgehead atoms. The summed E-state index contributed by atoms with van der Waals surface area (Å²) in [4.78, 5) is 20.7. The van der Waals surface area contributed by atoms with E-state index in [4.69, 9.17) is 4.74 Å². The summed E-state index contributed by atoms with van der Waals surface area (Å²) in [5.74, 6) is 0. The van der Waals surface area contributed by atoms with E-state index in [0.29, 0.717) is 13.2 Å². The maximum absolute atomic E-state index is 10.3. The molecule has 128 valence electrons. The Morgan fingerprint density at radius 3 is 1.43 bits per heavy atom. The summed E-state index contributed by atoms with van der Waals surface area (Å²) < 4.78 is 5.69. The van der Waals surface area contributed by atoms with Crippen molar-refractivity contribution in [1.29, 1.82) is 0 Å². The van der Waals surface area contributed by atoms with Gasteiger partial charge in [0.15, 0.2) is 0 Å². The molecule has 0 rings (SSSR count). The van der Waals surface area contributed by atoms with Gasteiger partial charge in [-0.3, -0.25) is 9.59 Å². The summed E-state index contributed by atoms with van der Waals surface area (Å²) in [6, 6.07) is 0. The maximum atomic E-state index is 10.3. The molecule has 0 amide bonds. The lowest BCUT2D eigenvalue weighted by molar-refractivity contribution is -0.104. The zero-order chi connectivity index (χ0) is 17.5. The summed E-state index contributed by atoms with van der Waals surface area (Å²) in [6.07, 6.45) is 12.9. The predicted octanol–water partition coefficient (Wildman–Crippen LogP) is 4.75. The molecular formula is C20H30O3. The van der Waals surface area contributed by atoms with E-state index in [1.807, 2.05) is 13.8 Å². The lowest BCUT2D eigenvalue weighted by Crippen LogP contribution is -1.99. The van der Waals surface area contributed by atoms with Gasteiger partial charge in [-0.25, -0.2) is 0 Å². The minimum atomic E-state index is 0.631. The Kier molecular flexibility index (Phi) is 12.8. The topological polar surface area (TPSA) is 43.4 Å². The molecule has 0 aromatic rings. The fourth-order valence-corrected chi connectivity index (χ4v) is 1.98. The largest absolute Gasteiger partial charge is 0.373 e. The van der Waals surface area contributed by atoms with Crippen LogP contribution in [-0.2, 0) is 14.3 Å². The second-order valence-corrected chi connectivity index (χ2v) is 5.97. The molecule has 0 aliphatic carbocycles. The van der Waals surface area contributed by atoms with Gasteiger partial charge in [-0.2, -0.15) is 0 Å². The normalized spacial score (nSPS) is 14.1. The van der Waals surface area contributed by atoms with Crippen LogP contribution in [0.2, 0.25) is 0 Å². The van der Waals surface area contributed by atoms with Gasteiger partial charge in [-0.1, -0.05) is 34.4 Å². The minimum Gasteiger partial charge on any atom is -0.373 e. The summed E-state index contributed by atoms with van der Waals surface area (Å²) >= 11 is 0. The Labute approximate surface area is 140 Å². The van der Waals surface area contributed by atoms with Crippen molar-refractivity contribution >= 4 is 12.6 Å². The fourth-order valence-electron chi connectivity index (χ4n) is 1.98. The molecule has 0 radical (unpaired) electrons. The third-order valence-corrected chi connectivity index (χ3v) is 3.43. The number of rotatable bonds is 12. The Morgan fingerprint density at radius 2 is 1.09 bits per heavy atom. The molecule has 0 aromatic heterocycles. The summed E-state index contributed by atoms with van der Waals surface area (Å²) in [5.41, 5.74) is 4.62. The number of carbonyl (C=O) groups is 2. The molecule has 0 aromatic carbocycles. The van der Waals surface area contributed by atoms with Gasteiger partial charge in [0.05, 0.1) is 13.2 Å². The summed E-state index contributed by atoms with van der Waals surface area (Å²) in [7, 11) is 0. The highest BCUT2D eigenvalue weighted by atomic mass is 16.5. The Bertz CT molecular complexity index is 435. The van der Waals surface area contributed by atoms with Gasteiger partial charge in [0.2, 0.25) is 0 Å². The molecule has 0 heterocycles. The van der Waals surface area contributed by atoms with Gasteiger partial charge in [0.25, 0.3) is 0 Å². The van der Waals surface area contributed by atoms with Crippen molar-refractivity contribution in [1.82, 2.24) is 0 Å². The Morgan fingerprint density at radius 1 is 0.696 bits per heavy atom. The second-order valence-electron chi connectivity index (χ2n) is 5.97. The fraction of sp³-hybridized carbons (Fsp3) is 0.500. The monoisotopic (exact) mass is 318 g/mol. The van der Waals surface area contributed by atoms with Crippen LogP contribution in [0, 0.1) is 0 Å². The first-order valence-corrected chi connectivity index (χ1v) is 8.10. The number of hydrogen-bond acceptors (Lipinski definition) is 3. The highest BCUT2D eigenvalue weighted by molar-refractivity contribution is 5.66.